The molecule has 3 rings (SSSR count). The van der Waals surface area contributed by atoms with Crippen molar-refractivity contribution in [2.45, 2.75) is 11.3 Å². The number of hydrogen-bond acceptors (Lipinski definition) is 7. The quantitative estimate of drug-likeness (QED) is 0.453. The summed E-state index contributed by atoms with van der Waals surface area (Å²) in [5, 5.41) is 0. The van der Waals surface area contributed by atoms with Crippen LogP contribution < -0.4 is 14.2 Å². The van der Waals surface area contributed by atoms with Crippen LogP contribution in [-0.2, 0) is 19.6 Å². The van der Waals surface area contributed by atoms with Gasteiger partial charge < -0.3 is 14.2 Å². The first-order valence-electron chi connectivity index (χ1n) is 8.69. The van der Waals surface area contributed by atoms with Gasteiger partial charge >= 0.3 is 5.97 Å². The van der Waals surface area contributed by atoms with Gasteiger partial charge in [0.15, 0.2) is 23.9 Å². The lowest BCUT2D eigenvalue weighted by Crippen LogP contribution is -2.27. The molecule has 0 saturated carbocycles. The van der Waals surface area contributed by atoms with Gasteiger partial charge in [-0.1, -0.05) is 28.1 Å². The van der Waals surface area contributed by atoms with Crippen LogP contribution in [0.25, 0.3) is 0 Å². The van der Waals surface area contributed by atoms with E-state index in [1.54, 1.807) is 24.3 Å². The van der Waals surface area contributed by atoms with Gasteiger partial charge in [0.25, 0.3) is 0 Å². The van der Waals surface area contributed by atoms with Crippen molar-refractivity contribution in [1.82, 2.24) is 4.72 Å². The molecule has 0 bridgehead atoms. The Labute approximate surface area is 176 Å². The minimum absolute atomic E-state index is 0.0000466. The average molecular weight is 484 g/mol. The minimum Gasteiger partial charge on any atom is -0.486 e. The normalized spacial score (nSPS) is 13.0. The van der Waals surface area contributed by atoms with E-state index < -0.39 is 22.6 Å². The smallest absolute Gasteiger partial charge is 0.307 e. The zero-order valence-corrected chi connectivity index (χ0v) is 17.6. The molecule has 0 atom stereocenters. The highest BCUT2D eigenvalue weighted by Gasteiger charge is 2.19. The summed E-state index contributed by atoms with van der Waals surface area (Å²) < 4.78 is 43.4. The lowest BCUT2D eigenvalue weighted by Gasteiger charge is -2.18. The Morgan fingerprint density at radius 2 is 1.83 bits per heavy atom. The summed E-state index contributed by atoms with van der Waals surface area (Å²) in [4.78, 5) is 23.8. The number of Topliss-reactive ketones (excluding diaryl/α,β-unsaturated/α-hetero) is 1. The molecule has 0 aliphatic carbocycles. The molecule has 10 heteroatoms. The zero-order chi connectivity index (χ0) is 20.9. The Balaban J connectivity index is 1.47. The summed E-state index contributed by atoms with van der Waals surface area (Å²) >= 11 is 3.26. The highest BCUT2D eigenvalue weighted by molar-refractivity contribution is 9.10. The van der Waals surface area contributed by atoms with E-state index >= 15 is 0 Å². The summed E-state index contributed by atoms with van der Waals surface area (Å²) in [7, 11) is -3.83. The number of ether oxygens (including phenoxy) is 3. The van der Waals surface area contributed by atoms with Gasteiger partial charge in [-0.15, -0.1) is 0 Å². The number of sulfonamides is 1. The molecule has 0 radical (unpaired) electrons. The van der Waals surface area contributed by atoms with E-state index in [0.29, 0.717) is 30.3 Å². The van der Waals surface area contributed by atoms with Gasteiger partial charge in [-0.05, 0) is 24.3 Å². The van der Waals surface area contributed by atoms with Crippen LogP contribution >= 0.6 is 15.9 Å². The molecule has 154 valence electrons. The van der Waals surface area contributed by atoms with E-state index in [1.165, 1.54) is 18.2 Å². The Kier molecular flexibility index (Phi) is 6.88. The van der Waals surface area contributed by atoms with Gasteiger partial charge in [0, 0.05) is 22.6 Å². The predicted molar refractivity (Wildman–Crippen MR) is 107 cm³/mol. The van der Waals surface area contributed by atoms with Gasteiger partial charge in [0.2, 0.25) is 10.0 Å². The number of esters is 1. The third-order valence-corrected chi connectivity index (χ3v) is 5.91. The van der Waals surface area contributed by atoms with Crippen molar-refractivity contribution in [2.75, 3.05) is 26.4 Å². The third-order valence-electron chi connectivity index (χ3n) is 3.96. The monoisotopic (exact) mass is 483 g/mol. The maximum Gasteiger partial charge on any atom is 0.307 e. The Morgan fingerprint density at radius 1 is 1.07 bits per heavy atom. The molecule has 0 aromatic heterocycles. The fourth-order valence-electron chi connectivity index (χ4n) is 2.53. The van der Waals surface area contributed by atoms with Crippen LogP contribution in [0.5, 0.6) is 11.5 Å². The van der Waals surface area contributed by atoms with Crippen molar-refractivity contribution in [3.63, 3.8) is 0 Å². The van der Waals surface area contributed by atoms with Crippen LogP contribution in [0, 0.1) is 0 Å². The molecule has 1 heterocycles. The molecule has 2 aromatic rings. The standard InChI is InChI=1S/C19H18BrNO7S/c20-14-3-1-2-13(10-14)16(22)12-28-19(23)6-7-21-29(24,25)15-4-5-17-18(11-15)27-9-8-26-17/h1-5,10-11,21H,6-9,12H2. The molecule has 1 N–H and O–H groups in total. The van der Waals surface area contributed by atoms with Crippen LogP contribution in [0.2, 0.25) is 0 Å². The van der Waals surface area contributed by atoms with Crippen molar-refractivity contribution in [1.29, 1.82) is 0 Å². The van der Waals surface area contributed by atoms with Gasteiger partial charge in [-0.2, -0.15) is 0 Å². The molecular formula is C19H18BrNO7S. The second-order valence-corrected chi connectivity index (χ2v) is 8.73. The maximum absolute atomic E-state index is 12.4. The predicted octanol–water partition coefficient (Wildman–Crippen LogP) is 2.31. The van der Waals surface area contributed by atoms with Crippen LogP contribution in [0.15, 0.2) is 51.8 Å². The number of carbonyl (C=O) groups excluding carboxylic acids is 2. The summed E-state index contributed by atoms with van der Waals surface area (Å²) in [5.41, 5.74) is 0.409. The number of hydrogen-bond donors (Lipinski definition) is 1. The van der Waals surface area contributed by atoms with E-state index in [-0.39, 0.29) is 23.6 Å². The average Bonchev–Trinajstić information content (AvgIpc) is 2.71. The summed E-state index contributed by atoms with van der Waals surface area (Å²) in [6.07, 6.45) is -0.213. The molecule has 29 heavy (non-hydrogen) atoms. The van der Waals surface area contributed by atoms with Crippen molar-refractivity contribution in [3.05, 3.63) is 52.5 Å². The number of nitrogens with one attached hydrogen (secondary N) is 1. The summed E-state index contributed by atoms with van der Waals surface area (Å²) in [6, 6.07) is 11.0. The van der Waals surface area contributed by atoms with E-state index in [1.807, 2.05) is 0 Å². The summed E-state index contributed by atoms with van der Waals surface area (Å²) in [5.74, 6) is -0.201. The molecule has 1 aliphatic heterocycles. The fraction of sp³-hybridized carbons (Fsp3) is 0.263. The van der Waals surface area contributed by atoms with Gasteiger partial charge in [0.1, 0.15) is 13.2 Å². The molecule has 0 spiro atoms. The van der Waals surface area contributed by atoms with Gasteiger partial charge in [-0.25, -0.2) is 13.1 Å². The highest BCUT2D eigenvalue weighted by atomic mass is 79.9. The highest BCUT2D eigenvalue weighted by Crippen LogP contribution is 2.32. The Hall–Kier alpha value is -2.43. The molecule has 8 nitrogen and oxygen atoms in total. The largest absolute Gasteiger partial charge is 0.486 e. The first kappa shape index (κ1) is 21.3. The number of halogens is 1. The lowest BCUT2D eigenvalue weighted by molar-refractivity contribution is -0.142. The van der Waals surface area contributed by atoms with E-state index in [4.69, 9.17) is 14.2 Å². The second kappa shape index (κ2) is 9.38. The van der Waals surface area contributed by atoms with Crippen molar-refractivity contribution in [2.24, 2.45) is 0 Å². The SMILES string of the molecule is O=C(CCNS(=O)(=O)c1ccc2c(c1)OCCO2)OCC(=O)c1cccc(Br)c1. The third kappa shape index (κ3) is 5.78. The van der Waals surface area contributed by atoms with Crippen molar-refractivity contribution in [3.8, 4) is 11.5 Å². The topological polar surface area (TPSA) is 108 Å². The number of carbonyl (C=O) groups is 2. The molecule has 0 saturated heterocycles. The first-order valence-corrected chi connectivity index (χ1v) is 11.0. The van der Waals surface area contributed by atoms with E-state index in [9.17, 15) is 18.0 Å². The lowest BCUT2D eigenvalue weighted by atomic mass is 10.1. The molecule has 2 aromatic carbocycles. The molecule has 0 amide bonds. The van der Waals surface area contributed by atoms with Crippen LogP contribution in [0.4, 0.5) is 0 Å². The Bertz CT molecular complexity index is 1020. The van der Waals surface area contributed by atoms with E-state index in [0.717, 1.165) is 4.47 Å². The molecular weight excluding hydrogens is 466 g/mol. The maximum atomic E-state index is 12.4. The molecule has 1 aliphatic rings. The number of rotatable bonds is 8. The van der Waals surface area contributed by atoms with Crippen LogP contribution in [-0.4, -0.2) is 46.5 Å². The zero-order valence-electron chi connectivity index (χ0n) is 15.2. The Morgan fingerprint density at radius 3 is 2.59 bits per heavy atom. The van der Waals surface area contributed by atoms with E-state index in [2.05, 4.69) is 20.7 Å². The fourth-order valence-corrected chi connectivity index (χ4v) is 3.97. The van der Waals surface area contributed by atoms with Gasteiger partial charge in [0.05, 0.1) is 11.3 Å². The molecule has 0 fully saturated rings. The number of ketones is 1. The number of fused-ring (bicyclic) bond motifs is 1. The van der Waals surface area contributed by atoms with Gasteiger partial charge in [-0.3, -0.25) is 9.59 Å². The van der Waals surface area contributed by atoms with Crippen molar-refractivity contribution >= 4 is 37.7 Å². The van der Waals surface area contributed by atoms with Crippen LogP contribution in [0.1, 0.15) is 16.8 Å². The molecule has 0 unspecified atom stereocenters. The second-order valence-electron chi connectivity index (χ2n) is 6.05. The first-order chi connectivity index (χ1) is 13.8. The number of benzene rings is 2. The van der Waals surface area contributed by atoms with Crippen molar-refractivity contribution < 1.29 is 32.2 Å². The van der Waals surface area contributed by atoms with Crippen LogP contribution in [0.3, 0.4) is 0 Å². The summed E-state index contributed by atoms with van der Waals surface area (Å²) in [6.45, 7) is 0.169. The minimum atomic E-state index is -3.83.